The number of amides is 2. The molecule has 138 valence electrons. The topological polar surface area (TPSA) is 61.9 Å². The van der Waals surface area contributed by atoms with Gasteiger partial charge in [0.2, 0.25) is 5.91 Å². The number of ether oxygens (including phenoxy) is 1. The van der Waals surface area contributed by atoms with E-state index in [2.05, 4.69) is 26.1 Å². The average Bonchev–Trinajstić information content (AvgIpc) is 2.47. The first-order valence-corrected chi connectivity index (χ1v) is 9.21. The molecule has 1 N–H and O–H groups in total. The standard InChI is InChI=1S/C18H26BrN3O3/c1-13-11-21(9-10-22(13)17(24)25-18(2,3)4)12-16(23)20-15-7-5-14(19)6-8-15/h5-8,13H,9-12H2,1-4H3,(H,20,23). The lowest BCUT2D eigenvalue weighted by Crippen LogP contribution is -2.56. The molecule has 1 fully saturated rings. The molecule has 1 heterocycles. The van der Waals surface area contributed by atoms with Crippen molar-refractivity contribution in [2.24, 2.45) is 0 Å². The molecule has 1 aliphatic heterocycles. The number of nitrogens with one attached hydrogen (secondary N) is 1. The van der Waals surface area contributed by atoms with Crippen LogP contribution >= 0.6 is 15.9 Å². The molecule has 1 aliphatic rings. The Balaban J connectivity index is 1.83. The summed E-state index contributed by atoms with van der Waals surface area (Å²) in [6, 6.07) is 7.48. The number of nitrogens with zero attached hydrogens (tertiary/aromatic N) is 2. The minimum atomic E-state index is -0.501. The van der Waals surface area contributed by atoms with Gasteiger partial charge in [-0.3, -0.25) is 9.69 Å². The van der Waals surface area contributed by atoms with Gasteiger partial charge < -0.3 is 15.0 Å². The lowest BCUT2D eigenvalue weighted by molar-refractivity contribution is -0.117. The Morgan fingerprint density at radius 1 is 1.24 bits per heavy atom. The van der Waals surface area contributed by atoms with E-state index in [0.29, 0.717) is 26.2 Å². The van der Waals surface area contributed by atoms with Gasteiger partial charge in [0.15, 0.2) is 0 Å². The zero-order valence-corrected chi connectivity index (χ0v) is 16.8. The molecular weight excluding hydrogens is 386 g/mol. The summed E-state index contributed by atoms with van der Waals surface area (Å²) in [5.41, 5.74) is 0.270. The molecule has 6 nitrogen and oxygen atoms in total. The fourth-order valence-corrected chi connectivity index (χ4v) is 2.97. The second-order valence-corrected chi connectivity index (χ2v) is 8.23. The maximum absolute atomic E-state index is 12.2. The summed E-state index contributed by atoms with van der Waals surface area (Å²) in [6.07, 6.45) is -0.293. The number of carbonyl (C=O) groups is 2. The van der Waals surface area contributed by atoms with E-state index < -0.39 is 5.60 Å². The van der Waals surface area contributed by atoms with Crippen LogP contribution in [0.5, 0.6) is 0 Å². The second-order valence-electron chi connectivity index (χ2n) is 7.31. The van der Waals surface area contributed by atoms with Crippen LogP contribution in [-0.2, 0) is 9.53 Å². The number of hydrogen-bond donors (Lipinski definition) is 1. The summed E-state index contributed by atoms with van der Waals surface area (Å²) >= 11 is 3.37. The van der Waals surface area contributed by atoms with E-state index in [-0.39, 0.29) is 18.0 Å². The first kappa shape index (κ1) is 19.7. The number of anilines is 1. The Morgan fingerprint density at radius 2 is 1.88 bits per heavy atom. The summed E-state index contributed by atoms with van der Waals surface area (Å²) in [5.74, 6) is -0.0553. The molecule has 0 radical (unpaired) electrons. The molecule has 1 aromatic carbocycles. The highest BCUT2D eigenvalue weighted by Gasteiger charge is 2.31. The number of benzene rings is 1. The molecule has 1 unspecified atom stereocenters. The number of carbonyl (C=O) groups excluding carboxylic acids is 2. The van der Waals surface area contributed by atoms with Gasteiger partial charge in [-0.2, -0.15) is 0 Å². The maximum atomic E-state index is 12.2. The first-order chi connectivity index (χ1) is 11.6. The van der Waals surface area contributed by atoms with Crippen molar-refractivity contribution in [1.82, 2.24) is 9.80 Å². The van der Waals surface area contributed by atoms with E-state index in [9.17, 15) is 9.59 Å². The van der Waals surface area contributed by atoms with Gasteiger partial charge in [0.05, 0.1) is 6.54 Å². The highest BCUT2D eigenvalue weighted by molar-refractivity contribution is 9.10. The van der Waals surface area contributed by atoms with Gasteiger partial charge in [-0.05, 0) is 52.0 Å². The van der Waals surface area contributed by atoms with Crippen LogP contribution in [0.3, 0.4) is 0 Å². The molecule has 0 spiro atoms. The molecule has 2 rings (SSSR count). The minimum absolute atomic E-state index is 0.00378. The second kappa shape index (κ2) is 8.19. The molecule has 25 heavy (non-hydrogen) atoms. The van der Waals surface area contributed by atoms with E-state index in [0.717, 1.165) is 10.2 Å². The third-order valence-electron chi connectivity index (χ3n) is 3.83. The number of hydrogen-bond acceptors (Lipinski definition) is 4. The predicted octanol–water partition coefficient (Wildman–Crippen LogP) is 3.33. The molecule has 0 aliphatic carbocycles. The minimum Gasteiger partial charge on any atom is -0.444 e. The van der Waals surface area contributed by atoms with Gasteiger partial charge in [-0.15, -0.1) is 0 Å². The van der Waals surface area contributed by atoms with Crippen molar-refractivity contribution in [3.63, 3.8) is 0 Å². The monoisotopic (exact) mass is 411 g/mol. The molecule has 1 aromatic rings. The largest absolute Gasteiger partial charge is 0.444 e. The molecule has 0 aromatic heterocycles. The molecule has 1 atom stereocenters. The molecule has 1 saturated heterocycles. The van der Waals surface area contributed by atoms with Crippen LogP contribution in [0.15, 0.2) is 28.7 Å². The average molecular weight is 412 g/mol. The van der Waals surface area contributed by atoms with Gasteiger partial charge in [0.1, 0.15) is 5.60 Å². The van der Waals surface area contributed by atoms with Crippen LogP contribution < -0.4 is 5.32 Å². The van der Waals surface area contributed by atoms with Crippen molar-refractivity contribution in [1.29, 1.82) is 0 Å². The summed E-state index contributed by atoms with van der Waals surface area (Å²) in [5, 5.41) is 2.89. The number of rotatable bonds is 3. The van der Waals surface area contributed by atoms with E-state index >= 15 is 0 Å². The van der Waals surface area contributed by atoms with Crippen LogP contribution in [0.2, 0.25) is 0 Å². The Bertz CT molecular complexity index is 613. The van der Waals surface area contributed by atoms with E-state index in [1.807, 2.05) is 52.0 Å². The summed E-state index contributed by atoms with van der Waals surface area (Å²) in [7, 11) is 0. The van der Waals surface area contributed by atoms with Crippen molar-refractivity contribution in [3.05, 3.63) is 28.7 Å². The third-order valence-corrected chi connectivity index (χ3v) is 4.36. The van der Waals surface area contributed by atoms with Crippen molar-refractivity contribution in [3.8, 4) is 0 Å². The summed E-state index contributed by atoms with van der Waals surface area (Å²) < 4.78 is 6.41. The fourth-order valence-electron chi connectivity index (χ4n) is 2.71. The maximum Gasteiger partial charge on any atom is 0.410 e. The molecule has 0 saturated carbocycles. The lowest BCUT2D eigenvalue weighted by atomic mass is 10.2. The quantitative estimate of drug-likeness (QED) is 0.828. The van der Waals surface area contributed by atoms with Gasteiger partial charge in [0.25, 0.3) is 0 Å². The first-order valence-electron chi connectivity index (χ1n) is 8.41. The van der Waals surface area contributed by atoms with E-state index in [1.54, 1.807) is 4.90 Å². The Labute approximate surface area is 157 Å². The van der Waals surface area contributed by atoms with E-state index in [4.69, 9.17) is 4.74 Å². The summed E-state index contributed by atoms with van der Waals surface area (Å²) in [4.78, 5) is 28.2. The number of piperazine rings is 1. The Morgan fingerprint density at radius 3 is 2.44 bits per heavy atom. The molecular formula is C18H26BrN3O3. The van der Waals surface area contributed by atoms with Crippen LogP contribution in [0, 0.1) is 0 Å². The smallest absolute Gasteiger partial charge is 0.410 e. The van der Waals surface area contributed by atoms with Gasteiger partial charge in [0, 0.05) is 35.8 Å². The number of halogens is 1. The Kier molecular flexibility index (Phi) is 6.46. The van der Waals surface area contributed by atoms with Crippen LogP contribution in [0.25, 0.3) is 0 Å². The van der Waals surface area contributed by atoms with E-state index in [1.165, 1.54) is 0 Å². The highest BCUT2D eigenvalue weighted by atomic mass is 79.9. The van der Waals surface area contributed by atoms with Crippen LogP contribution in [-0.4, -0.2) is 59.6 Å². The van der Waals surface area contributed by atoms with Gasteiger partial charge in [-0.25, -0.2) is 4.79 Å². The third kappa shape index (κ3) is 6.32. The molecule has 2 amide bonds. The zero-order valence-electron chi connectivity index (χ0n) is 15.2. The van der Waals surface area contributed by atoms with Crippen molar-refractivity contribution in [2.75, 3.05) is 31.5 Å². The zero-order chi connectivity index (χ0) is 18.6. The van der Waals surface area contributed by atoms with Crippen LogP contribution in [0.1, 0.15) is 27.7 Å². The van der Waals surface area contributed by atoms with Gasteiger partial charge in [-0.1, -0.05) is 15.9 Å². The predicted molar refractivity (Wildman–Crippen MR) is 102 cm³/mol. The summed E-state index contributed by atoms with van der Waals surface area (Å²) in [6.45, 7) is 9.71. The van der Waals surface area contributed by atoms with Crippen molar-refractivity contribution in [2.45, 2.75) is 39.3 Å². The normalized spacial score (nSPS) is 18.8. The van der Waals surface area contributed by atoms with Crippen LogP contribution in [0.4, 0.5) is 10.5 Å². The van der Waals surface area contributed by atoms with Crippen molar-refractivity contribution < 1.29 is 14.3 Å². The molecule has 7 heteroatoms. The SMILES string of the molecule is CC1CN(CC(=O)Nc2ccc(Br)cc2)CCN1C(=O)OC(C)(C)C. The highest BCUT2D eigenvalue weighted by Crippen LogP contribution is 2.16. The van der Waals surface area contributed by atoms with Gasteiger partial charge >= 0.3 is 6.09 Å². The lowest BCUT2D eigenvalue weighted by Gasteiger charge is -2.39. The molecule has 0 bridgehead atoms. The van der Waals surface area contributed by atoms with Crippen molar-refractivity contribution >= 4 is 33.6 Å². The fraction of sp³-hybridized carbons (Fsp3) is 0.556. The Hall–Kier alpha value is -1.60.